The highest BCUT2D eigenvalue weighted by molar-refractivity contribution is 7.98. The monoisotopic (exact) mass is 274 g/mol. The van der Waals surface area contributed by atoms with E-state index in [4.69, 9.17) is 0 Å². The average Bonchev–Trinajstić information content (AvgIpc) is 2.89. The van der Waals surface area contributed by atoms with Gasteiger partial charge in [-0.15, -0.1) is 10.2 Å². The van der Waals surface area contributed by atoms with Gasteiger partial charge in [-0.05, 0) is 11.8 Å². The number of aromatic nitrogens is 3. The maximum atomic E-state index is 4.41. The normalized spacial score (nSPS) is 18.3. The van der Waals surface area contributed by atoms with Crippen molar-refractivity contribution in [3.05, 3.63) is 47.5 Å². The lowest BCUT2D eigenvalue weighted by atomic mass is 10.0. The molecule has 1 atom stereocenters. The van der Waals surface area contributed by atoms with Gasteiger partial charge < -0.3 is 9.88 Å². The summed E-state index contributed by atoms with van der Waals surface area (Å²) in [6.07, 6.45) is 3.12. The Balaban J connectivity index is 1.91. The SMILES string of the molecule is CSCCc1nnc2n1CCNC2c1ccccc1. The zero-order valence-corrected chi connectivity index (χ0v) is 11.9. The highest BCUT2D eigenvalue weighted by Crippen LogP contribution is 2.24. The van der Waals surface area contributed by atoms with E-state index in [2.05, 4.69) is 50.6 Å². The average molecular weight is 274 g/mol. The van der Waals surface area contributed by atoms with Crippen LogP contribution in [0.3, 0.4) is 0 Å². The van der Waals surface area contributed by atoms with Gasteiger partial charge in [0, 0.05) is 25.3 Å². The summed E-state index contributed by atoms with van der Waals surface area (Å²) >= 11 is 1.85. The summed E-state index contributed by atoms with van der Waals surface area (Å²) in [4.78, 5) is 0. The Morgan fingerprint density at radius 2 is 2.16 bits per heavy atom. The van der Waals surface area contributed by atoms with Crippen molar-refractivity contribution in [2.75, 3.05) is 18.6 Å². The Morgan fingerprint density at radius 3 is 2.95 bits per heavy atom. The fraction of sp³-hybridized carbons (Fsp3) is 0.429. The van der Waals surface area contributed by atoms with Gasteiger partial charge in [0.05, 0.1) is 6.04 Å². The summed E-state index contributed by atoms with van der Waals surface area (Å²) < 4.78 is 2.28. The van der Waals surface area contributed by atoms with Gasteiger partial charge in [-0.1, -0.05) is 30.3 Å². The minimum atomic E-state index is 0.172. The molecule has 0 radical (unpaired) electrons. The Hall–Kier alpha value is -1.33. The lowest BCUT2D eigenvalue weighted by Gasteiger charge is -2.25. The minimum absolute atomic E-state index is 0.172. The van der Waals surface area contributed by atoms with Gasteiger partial charge in [-0.2, -0.15) is 11.8 Å². The number of rotatable bonds is 4. The first-order valence-electron chi connectivity index (χ1n) is 6.59. The number of benzene rings is 1. The van der Waals surface area contributed by atoms with Crippen molar-refractivity contribution in [2.45, 2.75) is 19.0 Å². The van der Waals surface area contributed by atoms with Crippen LogP contribution < -0.4 is 5.32 Å². The van der Waals surface area contributed by atoms with Crippen molar-refractivity contribution in [2.24, 2.45) is 0 Å². The van der Waals surface area contributed by atoms with Gasteiger partial charge >= 0.3 is 0 Å². The lowest BCUT2D eigenvalue weighted by Crippen LogP contribution is -2.35. The van der Waals surface area contributed by atoms with Gasteiger partial charge in [0.1, 0.15) is 5.82 Å². The zero-order valence-electron chi connectivity index (χ0n) is 11.0. The van der Waals surface area contributed by atoms with Crippen LogP contribution in [0.4, 0.5) is 0 Å². The van der Waals surface area contributed by atoms with E-state index in [9.17, 15) is 0 Å². The zero-order chi connectivity index (χ0) is 13.1. The summed E-state index contributed by atoms with van der Waals surface area (Å²) in [6, 6.07) is 10.6. The molecule has 1 unspecified atom stereocenters. The molecule has 1 aliphatic heterocycles. The predicted molar refractivity (Wildman–Crippen MR) is 78.4 cm³/mol. The number of fused-ring (bicyclic) bond motifs is 1. The van der Waals surface area contributed by atoms with Crippen LogP contribution in [0.25, 0.3) is 0 Å². The van der Waals surface area contributed by atoms with E-state index in [0.29, 0.717) is 0 Å². The molecule has 0 saturated carbocycles. The van der Waals surface area contributed by atoms with Crippen molar-refractivity contribution >= 4 is 11.8 Å². The van der Waals surface area contributed by atoms with Crippen LogP contribution in [-0.4, -0.2) is 33.3 Å². The van der Waals surface area contributed by atoms with E-state index in [0.717, 1.165) is 36.9 Å². The van der Waals surface area contributed by atoms with E-state index < -0.39 is 0 Å². The smallest absolute Gasteiger partial charge is 0.154 e. The number of aryl methyl sites for hydroxylation is 1. The van der Waals surface area contributed by atoms with Crippen LogP contribution in [-0.2, 0) is 13.0 Å². The topological polar surface area (TPSA) is 42.7 Å². The third kappa shape index (κ3) is 2.53. The van der Waals surface area contributed by atoms with E-state index in [1.807, 2.05) is 17.8 Å². The van der Waals surface area contributed by atoms with Crippen LogP contribution in [0.2, 0.25) is 0 Å². The molecule has 3 rings (SSSR count). The molecule has 1 aliphatic rings. The summed E-state index contributed by atoms with van der Waals surface area (Å²) in [5.41, 5.74) is 1.26. The molecular formula is C14H18N4S. The second kappa shape index (κ2) is 5.75. The molecule has 1 aromatic heterocycles. The fourth-order valence-corrected chi connectivity index (χ4v) is 2.90. The first kappa shape index (κ1) is 12.7. The van der Waals surface area contributed by atoms with Crippen molar-refractivity contribution < 1.29 is 0 Å². The molecule has 0 saturated heterocycles. The van der Waals surface area contributed by atoms with Crippen molar-refractivity contribution in [3.63, 3.8) is 0 Å². The fourth-order valence-electron chi connectivity index (χ4n) is 2.51. The predicted octanol–water partition coefficient (Wildman–Crippen LogP) is 1.88. The van der Waals surface area contributed by atoms with Gasteiger partial charge in [0.25, 0.3) is 0 Å². The van der Waals surface area contributed by atoms with Crippen molar-refractivity contribution in [3.8, 4) is 0 Å². The molecule has 0 fully saturated rings. The Kier molecular flexibility index (Phi) is 3.84. The van der Waals surface area contributed by atoms with Gasteiger partial charge in [0.15, 0.2) is 5.82 Å². The summed E-state index contributed by atoms with van der Waals surface area (Å²) in [5.74, 6) is 3.27. The molecule has 1 aromatic carbocycles. The van der Waals surface area contributed by atoms with E-state index in [1.165, 1.54) is 5.56 Å². The number of thioether (sulfide) groups is 1. The van der Waals surface area contributed by atoms with Crippen molar-refractivity contribution in [1.82, 2.24) is 20.1 Å². The molecule has 5 heteroatoms. The maximum absolute atomic E-state index is 4.41. The van der Waals surface area contributed by atoms with Crippen LogP contribution in [0.15, 0.2) is 30.3 Å². The molecule has 2 heterocycles. The third-order valence-electron chi connectivity index (χ3n) is 3.46. The first-order valence-corrected chi connectivity index (χ1v) is 7.99. The highest BCUT2D eigenvalue weighted by Gasteiger charge is 2.25. The number of nitrogens with one attached hydrogen (secondary N) is 1. The van der Waals surface area contributed by atoms with Crippen molar-refractivity contribution in [1.29, 1.82) is 0 Å². The van der Waals surface area contributed by atoms with E-state index in [1.54, 1.807) is 0 Å². The van der Waals surface area contributed by atoms with E-state index >= 15 is 0 Å². The molecule has 1 N–H and O–H groups in total. The molecule has 0 spiro atoms. The van der Waals surface area contributed by atoms with Crippen LogP contribution in [0, 0.1) is 0 Å². The second-order valence-corrected chi connectivity index (χ2v) is 5.65. The molecule has 0 aliphatic carbocycles. The molecule has 0 bridgehead atoms. The minimum Gasteiger partial charge on any atom is -0.312 e. The Morgan fingerprint density at radius 1 is 1.32 bits per heavy atom. The number of hydrogen-bond acceptors (Lipinski definition) is 4. The molecule has 2 aromatic rings. The quantitative estimate of drug-likeness (QED) is 0.924. The second-order valence-electron chi connectivity index (χ2n) is 4.67. The molecule has 4 nitrogen and oxygen atoms in total. The number of nitrogens with zero attached hydrogens (tertiary/aromatic N) is 3. The summed E-state index contributed by atoms with van der Waals surface area (Å²) in [6.45, 7) is 1.94. The van der Waals surface area contributed by atoms with Gasteiger partial charge in [0.2, 0.25) is 0 Å². The maximum Gasteiger partial charge on any atom is 0.154 e. The summed E-state index contributed by atoms with van der Waals surface area (Å²) in [5, 5.41) is 12.3. The van der Waals surface area contributed by atoms with Gasteiger partial charge in [-0.25, -0.2) is 0 Å². The Bertz CT molecular complexity index is 538. The van der Waals surface area contributed by atoms with E-state index in [-0.39, 0.29) is 6.04 Å². The molecule has 100 valence electrons. The number of hydrogen-bond donors (Lipinski definition) is 1. The summed E-state index contributed by atoms with van der Waals surface area (Å²) in [7, 11) is 0. The standard InChI is InChI=1S/C14H18N4S/c1-19-10-7-12-16-17-14-13(15-8-9-18(12)14)11-5-3-2-4-6-11/h2-6,13,15H,7-10H2,1H3. The van der Waals surface area contributed by atoms with Crippen LogP contribution in [0.1, 0.15) is 23.3 Å². The third-order valence-corrected chi connectivity index (χ3v) is 4.07. The molecule has 0 amide bonds. The largest absolute Gasteiger partial charge is 0.312 e. The molecule has 19 heavy (non-hydrogen) atoms. The van der Waals surface area contributed by atoms with Crippen LogP contribution >= 0.6 is 11.8 Å². The first-order chi connectivity index (χ1) is 9.40. The van der Waals surface area contributed by atoms with Crippen LogP contribution in [0.5, 0.6) is 0 Å². The highest BCUT2D eigenvalue weighted by atomic mass is 32.2. The molecular weight excluding hydrogens is 256 g/mol. The lowest BCUT2D eigenvalue weighted by molar-refractivity contribution is 0.448. The Labute approximate surface area is 117 Å². The van der Waals surface area contributed by atoms with Gasteiger partial charge in [-0.3, -0.25) is 0 Å².